The number of carbonyl (C=O) groups is 1. The van der Waals surface area contributed by atoms with Gasteiger partial charge in [0.05, 0.1) is 12.6 Å². The number of amides is 1. The molecule has 4 nitrogen and oxygen atoms in total. The number of rotatable bonds is 6. The summed E-state index contributed by atoms with van der Waals surface area (Å²) < 4.78 is 5.59. The van der Waals surface area contributed by atoms with Crippen LogP contribution in [0.15, 0.2) is 54.6 Å². The van der Waals surface area contributed by atoms with Crippen LogP contribution in [-0.4, -0.2) is 12.5 Å². The molecule has 28 heavy (non-hydrogen) atoms. The fourth-order valence-corrected chi connectivity index (χ4v) is 4.39. The van der Waals surface area contributed by atoms with Gasteiger partial charge in [-0.3, -0.25) is 4.79 Å². The molecule has 2 N–H and O–H groups in total. The number of nitrogens with one attached hydrogen (secondary N) is 2. The number of hydrogen-bond acceptors (Lipinski definition) is 3. The summed E-state index contributed by atoms with van der Waals surface area (Å²) in [6.07, 6.45) is 7.08. The van der Waals surface area contributed by atoms with Crippen LogP contribution in [0.5, 0.6) is 5.75 Å². The molecule has 0 fully saturated rings. The molecule has 0 radical (unpaired) electrons. The highest BCUT2D eigenvalue weighted by atomic mass is 16.5. The molecule has 1 amide bonds. The lowest BCUT2D eigenvalue weighted by Crippen LogP contribution is -2.29. The highest BCUT2D eigenvalue weighted by molar-refractivity contribution is 5.91. The van der Waals surface area contributed by atoms with Crippen molar-refractivity contribution in [3.63, 3.8) is 0 Å². The Labute approximate surface area is 167 Å². The average molecular weight is 377 g/mol. The van der Waals surface area contributed by atoms with E-state index in [9.17, 15) is 4.79 Å². The number of hydrogen-bond donors (Lipinski definition) is 2. The predicted molar refractivity (Wildman–Crippen MR) is 114 cm³/mol. The number of anilines is 2. The third kappa shape index (κ3) is 3.64. The zero-order chi connectivity index (χ0) is 19.5. The van der Waals surface area contributed by atoms with Crippen LogP contribution >= 0.6 is 0 Å². The number of allylic oxidation sites excluding steroid dienone is 2. The first-order chi connectivity index (χ1) is 13.7. The van der Waals surface area contributed by atoms with E-state index >= 15 is 0 Å². The lowest BCUT2D eigenvalue weighted by Gasteiger charge is -2.37. The fraction of sp³-hybridized carbons (Fsp3) is 0.375. The molecular formula is C24H28N2O2. The molecule has 2 aliphatic rings. The molecule has 3 atom stereocenters. The number of fused-ring (bicyclic) bond motifs is 3. The summed E-state index contributed by atoms with van der Waals surface area (Å²) in [5.41, 5.74) is 4.60. The normalized spacial score (nSPS) is 22.1. The fourth-order valence-electron chi connectivity index (χ4n) is 4.39. The van der Waals surface area contributed by atoms with Crippen LogP contribution in [0.25, 0.3) is 0 Å². The molecule has 0 saturated carbocycles. The molecule has 4 rings (SSSR count). The quantitative estimate of drug-likeness (QED) is 0.641. The topological polar surface area (TPSA) is 50.4 Å². The van der Waals surface area contributed by atoms with Crippen LogP contribution in [0.1, 0.15) is 56.2 Å². The Kier molecular flexibility index (Phi) is 5.38. The van der Waals surface area contributed by atoms with Crippen molar-refractivity contribution >= 4 is 17.3 Å². The van der Waals surface area contributed by atoms with Gasteiger partial charge in [-0.05, 0) is 67.1 Å². The van der Waals surface area contributed by atoms with Crippen LogP contribution < -0.4 is 15.4 Å². The van der Waals surface area contributed by atoms with Crippen molar-refractivity contribution in [2.45, 2.75) is 45.1 Å². The van der Waals surface area contributed by atoms with Gasteiger partial charge in [0.25, 0.3) is 0 Å². The van der Waals surface area contributed by atoms with Crippen molar-refractivity contribution in [3.8, 4) is 5.75 Å². The summed E-state index contributed by atoms with van der Waals surface area (Å²) in [4.78, 5) is 12.0. The van der Waals surface area contributed by atoms with Crippen molar-refractivity contribution in [2.75, 3.05) is 17.2 Å². The van der Waals surface area contributed by atoms with Crippen LogP contribution in [0.3, 0.4) is 0 Å². The first-order valence-electron chi connectivity index (χ1n) is 10.3. The monoisotopic (exact) mass is 376 g/mol. The van der Waals surface area contributed by atoms with Crippen LogP contribution in [0.2, 0.25) is 0 Å². The molecule has 1 aliphatic heterocycles. The highest BCUT2D eigenvalue weighted by Crippen LogP contribution is 2.50. The Morgan fingerprint density at radius 2 is 2.00 bits per heavy atom. The lowest BCUT2D eigenvalue weighted by molar-refractivity contribution is -0.116. The van der Waals surface area contributed by atoms with Gasteiger partial charge in [-0.2, -0.15) is 0 Å². The standard InChI is InChI=1S/C24H28N2O2/c1-3-6-23(27)25-17-11-14-22-21(15-17)19-7-5-8-20(19)24(26-22)16-9-12-18(13-10-16)28-4-2/h5,7,9-15,19-20,24,26H,3-4,6,8H2,1-2H3,(H,25,27). The molecule has 146 valence electrons. The summed E-state index contributed by atoms with van der Waals surface area (Å²) in [6.45, 7) is 4.70. The van der Waals surface area contributed by atoms with E-state index in [1.165, 1.54) is 11.1 Å². The summed E-state index contributed by atoms with van der Waals surface area (Å²) in [6, 6.07) is 14.9. The van der Waals surface area contributed by atoms with Crippen LogP contribution in [-0.2, 0) is 4.79 Å². The van der Waals surface area contributed by atoms with Gasteiger partial charge in [-0.1, -0.05) is 31.2 Å². The van der Waals surface area contributed by atoms with Crippen molar-refractivity contribution < 1.29 is 9.53 Å². The summed E-state index contributed by atoms with van der Waals surface area (Å²) in [7, 11) is 0. The van der Waals surface area contributed by atoms with Crippen molar-refractivity contribution in [2.24, 2.45) is 5.92 Å². The smallest absolute Gasteiger partial charge is 0.224 e. The van der Waals surface area contributed by atoms with Crippen LogP contribution in [0, 0.1) is 5.92 Å². The SMILES string of the molecule is CCCC(=O)Nc1ccc2c(c1)C1C=CCC1C(c1ccc(OCC)cc1)N2. The minimum Gasteiger partial charge on any atom is -0.494 e. The molecule has 2 aromatic rings. The first-order valence-corrected chi connectivity index (χ1v) is 10.3. The minimum absolute atomic E-state index is 0.0806. The second-order valence-corrected chi connectivity index (χ2v) is 7.58. The van der Waals surface area contributed by atoms with Gasteiger partial charge in [-0.25, -0.2) is 0 Å². The minimum atomic E-state index is 0.0806. The van der Waals surface area contributed by atoms with E-state index in [-0.39, 0.29) is 11.9 Å². The van der Waals surface area contributed by atoms with Gasteiger partial charge in [0, 0.05) is 23.7 Å². The Balaban J connectivity index is 1.60. The van der Waals surface area contributed by atoms with E-state index in [2.05, 4.69) is 59.2 Å². The maximum absolute atomic E-state index is 12.0. The molecule has 0 aromatic heterocycles. The van der Waals surface area contributed by atoms with Gasteiger partial charge in [0.2, 0.25) is 5.91 Å². The number of carbonyl (C=O) groups excluding carboxylic acids is 1. The molecule has 1 heterocycles. The van der Waals surface area contributed by atoms with Crippen LogP contribution in [0.4, 0.5) is 11.4 Å². The van der Waals surface area contributed by atoms with Gasteiger partial charge < -0.3 is 15.4 Å². The van der Waals surface area contributed by atoms with E-state index in [0.717, 1.165) is 30.0 Å². The largest absolute Gasteiger partial charge is 0.494 e. The molecule has 0 spiro atoms. The van der Waals surface area contributed by atoms with Crippen molar-refractivity contribution in [1.82, 2.24) is 0 Å². The lowest BCUT2D eigenvalue weighted by atomic mass is 9.77. The molecule has 2 aromatic carbocycles. The zero-order valence-corrected chi connectivity index (χ0v) is 16.6. The predicted octanol–water partition coefficient (Wildman–Crippen LogP) is 5.65. The second-order valence-electron chi connectivity index (χ2n) is 7.58. The Bertz CT molecular complexity index is 873. The Hall–Kier alpha value is -2.75. The number of ether oxygens (including phenoxy) is 1. The molecule has 0 bridgehead atoms. The summed E-state index contributed by atoms with van der Waals surface area (Å²) in [5.74, 6) is 1.84. The number of benzene rings is 2. The highest BCUT2D eigenvalue weighted by Gasteiger charge is 2.37. The Morgan fingerprint density at radius 3 is 2.75 bits per heavy atom. The molecule has 3 unspecified atom stereocenters. The van der Waals surface area contributed by atoms with E-state index in [0.29, 0.717) is 24.9 Å². The first kappa shape index (κ1) is 18.6. The van der Waals surface area contributed by atoms with E-state index in [4.69, 9.17) is 4.74 Å². The van der Waals surface area contributed by atoms with Gasteiger partial charge in [-0.15, -0.1) is 0 Å². The van der Waals surface area contributed by atoms with Crippen molar-refractivity contribution in [1.29, 1.82) is 0 Å². The average Bonchev–Trinajstić information content (AvgIpc) is 3.19. The second kappa shape index (κ2) is 8.09. The van der Waals surface area contributed by atoms with E-state index in [1.807, 2.05) is 19.9 Å². The van der Waals surface area contributed by atoms with Gasteiger partial charge in [0.1, 0.15) is 5.75 Å². The Morgan fingerprint density at radius 1 is 1.18 bits per heavy atom. The van der Waals surface area contributed by atoms with Gasteiger partial charge in [0.15, 0.2) is 0 Å². The third-order valence-corrected chi connectivity index (χ3v) is 5.67. The van der Waals surface area contributed by atoms with E-state index < -0.39 is 0 Å². The maximum Gasteiger partial charge on any atom is 0.224 e. The van der Waals surface area contributed by atoms with Crippen molar-refractivity contribution in [3.05, 3.63) is 65.7 Å². The van der Waals surface area contributed by atoms with Gasteiger partial charge >= 0.3 is 0 Å². The third-order valence-electron chi connectivity index (χ3n) is 5.67. The molecule has 1 aliphatic carbocycles. The summed E-state index contributed by atoms with van der Waals surface area (Å²) >= 11 is 0. The van der Waals surface area contributed by atoms with E-state index in [1.54, 1.807) is 0 Å². The molecule has 4 heteroatoms. The molecular weight excluding hydrogens is 348 g/mol. The maximum atomic E-state index is 12.0. The summed E-state index contributed by atoms with van der Waals surface area (Å²) in [5, 5.41) is 6.78. The zero-order valence-electron chi connectivity index (χ0n) is 16.6. The molecule has 0 saturated heterocycles.